The van der Waals surface area contributed by atoms with Gasteiger partial charge in [0.25, 0.3) is 6.47 Å². The van der Waals surface area contributed by atoms with Gasteiger partial charge in [0.2, 0.25) is 5.91 Å². The van der Waals surface area contributed by atoms with E-state index in [0.717, 1.165) is 35.3 Å². The number of halogens is 1. The number of pyridine rings is 1. The topological polar surface area (TPSA) is 85.8 Å². The highest BCUT2D eigenvalue weighted by molar-refractivity contribution is 5.94. The number of aromatic nitrogens is 1. The number of benzene rings is 2. The molecule has 1 fully saturated rings. The van der Waals surface area contributed by atoms with Gasteiger partial charge in [-0.2, -0.15) is 0 Å². The number of likely N-dealkylation sites (tertiary alicyclic amines) is 1. The van der Waals surface area contributed by atoms with Crippen molar-refractivity contribution in [2.75, 3.05) is 23.3 Å². The Labute approximate surface area is 223 Å². The number of piperidine rings is 1. The molecule has 3 heterocycles. The quantitative estimate of drug-likeness (QED) is 0.411. The van der Waals surface area contributed by atoms with Crippen molar-refractivity contribution >= 4 is 23.9 Å². The molecule has 0 unspecified atom stereocenters. The maximum absolute atomic E-state index is 13.4. The highest BCUT2D eigenvalue weighted by Crippen LogP contribution is 2.41. The number of carbonyl (C=O) groups excluding carboxylic acids is 1. The maximum Gasteiger partial charge on any atom is 0.290 e. The van der Waals surface area contributed by atoms with Gasteiger partial charge in [-0.3, -0.25) is 14.5 Å². The molecule has 8 heteroatoms. The van der Waals surface area contributed by atoms with Crippen molar-refractivity contribution in [3.05, 3.63) is 77.7 Å². The van der Waals surface area contributed by atoms with Gasteiger partial charge in [-0.1, -0.05) is 36.8 Å². The van der Waals surface area contributed by atoms with Crippen LogP contribution >= 0.6 is 0 Å². The Bertz CT molecular complexity index is 1230. The van der Waals surface area contributed by atoms with E-state index >= 15 is 0 Å². The van der Waals surface area contributed by atoms with Crippen LogP contribution in [0.25, 0.3) is 11.1 Å². The molecular weight excluding hydrogens is 483 g/mol. The summed E-state index contributed by atoms with van der Waals surface area (Å²) in [5, 5.41) is 10.4. The number of fused-ring (bicyclic) bond motifs is 1. The van der Waals surface area contributed by atoms with Crippen LogP contribution in [0.15, 0.2) is 60.8 Å². The lowest BCUT2D eigenvalue weighted by Gasteiger charge is -2.39. The first-order valence-corrected chi connectivity index (χ1v) is 13.1. The minimum Gasteiger partial charge on any atom is -0.483 e. The first-order chi connectivity index (χ1) is 18.4. The number of nitrogens with one attached hydrogen (secondary N) is 1. The van der Waals surface area contributed by atoms with Crippen molar-refractivity contribution in [3.8, 4) is 11.1 Å². The molecule has 1 aromatic heterocycles. The van der Waals surface area contributed by atoms with Gasteiger partial charge in [0, 0.05) is 25.2 Å². The van der Waals surface area contributed by atoms with Crippen LogP contribution in [0.1, 0.15) is 56.7 Å². The first kappa shape index (κ1) is 27.3. The van der Waals surface area contributed by atoms with Gasteiger partial charge >= 0.3 is 0 Å². The summed E-state index contributed by atoms with van der Waals surface area (Å²) in [4.78, 5) is 29.4. The van der Waals surface area contributed by atoms with Crippen molar-refractivity contribution < 1.29 is 19.1 Å². The molecule has 0 saturated carbocycles. The van der Waals surface area contributed by atoms with E-state index in [2.05, 4.69) is 64.6 Å². The largest absolute Gasteiger partial charge is 0.483 e. The molecule has 1 amide bonds. The molecular formula is C30H35FN4O3. The first-order valence-electron chi connectivity index (χ1n) is 13.1. The molecule has 2 aromatic carbocycles. The Morgan fingerprint density at radius 2 is 1.76 bits per heavy atom. The maximum atomic E-state index is 13.4. The van der Waals surface area contributed by atoms with Crippen molar-refractivity contribution in [2.24, 2.45) is 0 Å². The Balaban J connectivity index is 0.00000107. The summed E-state index contributed by atoms with van der Waals surface area (Å²) in [5.74, 6) is 0.298. The third-order valence-corrected chi connectivity index (χ3v) is 7.21. The van der Waals surface area contributed by atoms with E-state index < -0.39 is 0 Å². The standard InChI is InChI=1S/C29H33FN4O.CH2O2/c1-20-16-27(32-29-13-11-25(30)18-31-29)26-17-24(10-12-28(26)34(20)21(2)35)23-8-6-22(7-9-23)19-33-14-4-3-5-15-33;2-1-3/h6-13,17-18,20,27H,3-5,14-16,19H2,1-2H3,(H,31,32);1H,(H,2,3)/t20-,27+;/m1./s1. The SMILES string of the molecule is CC(=O)N1c2ccc(-c3ccc(CN4CCCCC4)cc3)cc2[C@@H](Nc2ccc(F)cn2)C[C@H]1C.O=CO. The number of amides is 1. The van der Waals surface area contributed by atoms with Gasteiger partial charge in [0.05, 0.1) is 12.2 Å². The van der Waals surface area contributed by atoms with Crippen molar-refractivity contribution in [1.29, 1.82) is 0 Å². The van der Waals surface area contributed by atoms with Crippen LogP contribution in [0.3, 0.4) is 0 Å². The van der Waals surface area contributed by atoms with E-state index in [4.69, 9.17) is 9.90 Å². The number of carbonyl (C=O) groups is 2. The fraction of sp³-hybridized carbons (Fsp3) is 0.367. The summed E-state index contributed by atoms with van der Waals surface area (Å²) in [7, 11) is 0. The highest BCUT2D eigenvalue weighted by Gasteiger charge is 2.32. The molecule has 1 saturated heterocycles. The minimum atomic E-state index is -0.360. The summed E-state index contributed by atoms with van der Waals surface area (Å²) in [5.41, 5.74) is 5.58. The molecule has 2 N–H and O–H groups in total. The van der Waals surface area contributed by atoms with Gasteiger partial charge in [0.15, 0.2) is 0 Å². The monoisotopic (exact) mass is 518 g/mol. The van der Waals surface area contributed by atoms with E-state index in [0.29, 0.717) is 5.82 Å². The second-order valence-electron chi connectivity index (χ2n) is 9.95. The summed E-state index contributed by atoms with van der Waals surface area (Å²) in [6, 6.07) is 18.2. The Kier molecular flexibility index (Phi) is 9.07. The average Bonchev–Trinajstić information content (AvgIpc) is 2.91. The van der Waals surface area contributed by atoms with Crippen molar-refractivity contribution in [3.63, 3.8) is 0 Å². The molecule has 200 valence electrons. The number of nitrogens with zero attached hydrogens (tertiary/aromatic N) is 3. The zero-order chi connectivity index (χ0) is 27.1. The van der Waals surface area contributed by atoms with E-state index in [9.17, 15) is 9.18 Å². The summed E-state index contributed by atoms with van der Waals surface area (Å²) < 4.78 is 13.4. The zero-order valence-electron chi connectivity index (χ0n) is 21.9. The van der Waals surface area contributed by atoms with Gasteiger partial charge in [-0.15, -0.1) is 0 Å². The summed E-state index contributed by atoms with van der Waals surface area (Å²) in [6.45, 7) is 6.81. The Morgan fingerprint density at radius 1 is 1.08 bits per heavy atom. The second-order valence-corrected chi connectivity index (χ2v) is 9.95. The third-order valence-electron chi connectivity index (χ3n) is 7.21. The Morgan fingerprint density at radius 3 is 2.39 bits per heavy atom. The molecule has 0 spiro atoms. The van der Waals surface area contributed by atoms with Crippen LogP contribution < -0.4 is 10.2 Å². The fourth-order valence-corrected chi connectivity index (χ4v) is 5.48. The van der Waals surface area contributed by atoms with Gasteiger partial charge in [-0.25, -0.2) is 9.37 Å². The van der Waals surface area contributed by atoms with Crippen LogP contribution in [0.4, 0.5) is 15.9 Å². The second kappa shape index (κ2) is 12.6. The zero-order valence-corrected chi connectivity index (χ0v) is 21.9. The predicted molar refractivity (Wildman–Crippen MR) is 147 cm³/mol. The molecule has 0 aliphatic carbocycles. The number of hydrogen-bond donors (Lipinski definition) is 2. The number of rotatable bonds is 5. The van der Waals surface area contributed by atoms with Gasteiger partial charge in [0.1, 0.15) is 11.6 Å². The van der Waals surface area contributed by atoms with Gasteiger partial charge in [-0.05, 0) is 85.8 Å². The van der Waals surface area contributed by atoms with E-state index in [-0.39, 0.29) is 30.3 Å². The summed E-state index contributed by atoms with van der Waals surface area (Å²) in [6.07, 6.45) is 5.90. The van der Waals surface area contributed by atoms with Crippen LogP contribution in [0.2, 0.25) is 0 Å². The summed E-state index contributed by atoms with van der Waals surface area (Å²) >= 11 is 0. The molecule has 2 aliphatic rings. The lowest BCUT2D eigenvalue weighted by atomic mass is 9.89. The molecule has 7 nitrogen and oxygen atoms in total. The molecule has 0 radical (unpaired) electrons. The van der Waals surface area contributed by atoms with Crippen LogP contribution in [0.5, 0.6) is 0 Å². The lowest BCUT2D eigenvalue weighted by Crippen LogP contribution is -2.43. The lowest BCUT2D eigenvalue weighted by molar-refractivity contribution is -0.123. The highest BCUT2D eigenvalue weighted by atomic mass is 19.1. The molecule has 2 aliphatic heterocycles. The predicted octanol–water partition coefficient (Wildman–Crippen LogP) is 5.87. The van der Waals surface area contributed by atoms with E-state index in [1.54, 1.807) is 13.0 Å². The molecule has 2 atom stereocenters. The minimum absolute atomic E-state index is 0.0342. The number of anilines is 2. The fourth-order valence-electron chi connectivity index (χ4n) is 5.48. The van der Waals surface area contributed by atoms with E-state index in [1.165, 1.54) is 50.2 Å². The van der Waals surface area contributed by atoms with Gasteiger partial charge < -0.3 is 15.3 Å². The van der Waals surface area contributed by atoms with Crippen molar-refractivity contribution in [2.45, 2.75) is 58.2 Å². The normalized spacial score (nSPS) is 19.1. The molecule has 0 bridgehead atoms. The average molecular weight is 519 g/mol. The molecule has 38 heavy (non-hydrogen) atoms. The van der Waals surface area contributed by atoms with Crippen LogP contribution in [0, 0.1) is 5.82 Å². The van der Waals surface area contributed by atoms with Crippen LogP contribution in [-0.2, 0) is 16.1 Å². The van der Waals surface area contributed by atoms with Crippen molar-refractivity contribution in [1.82, 2.24) is 9.88 Å². The third kappa shape index (κ3) is 6.55. The molecule has 5 rings (SSSR count). The smallest absolute Gasteiger partial charge is 0.290 e. The number of hydrogen-bond acceptors (Lipinski definition) is 5. The van der Waals surface area contributed by atoms with E-state index in [1.807, 2.05) is 4.90 Å². The number of carboxylic acid groups (broad SMARTS) is 1. The molecule has 3 aromatic rings. The van der Waals surface area contributed by atoms with Crippen LogP contribution in [-0.4, -0.2) is 46.5 Å². The Hall–Kier alpha value is -3.78.